The zero-order chi connectivity index (χ0) is 13.5. The lowest BCUT2D eigenvalue weighted by atomic mass is 9.94. The molecule has 0 aromatic heterocycles. The minimum absolute atomic E-state index is 0.118. The molecule has 0 aliphatic heterocycles. The minimum atomic E-state index is -3.52. The first-order chi connectivity index (χ1) is 9.04. The Morgan fingerprint density at radius 2 is 1.89 bits per heavy atom. The number of nitrogens with one attached hydrogen (secondary N) is 1. The first-order valence-corrected chi connectivity index (χ1v) is 7.96. The van der Waals surface area contributed by atoms with Crippen LogP contribution in [0.25, 0.3) is 0 Å². The van der Waals surface area contributed by atoms with Crippen LogP contribution in [0.2, 0.25) is 0 Å². The van der Waals surface area contributed by atoms with E-state index in [1.54, 1.807) is 0 Å². The summed E-state index contributed by atoms with van der Waals surface area (Å²) in [6.45, 7) is 0.464. The summed E-state index contributed by atoms with van der Waals surface area (Å²) in [7, 11) is -3.52. The van der Waals surface area contributed by atoms with Gasteiger partial charge in [0.1, 0.15) is 5.82 Å². The van der Waals surface area contributed by atoms with E-state index in [9.17, 15) is 12.8 Å². The van der Waals surface area contributed by atoms with Gasteiger partial charge in [-0.1, -0.05) is 12.2 Å². The molecule has 3 rings (SSSR count). The maximum atomic E-state index is 12.8. The largest absolute Gasteiger partial charge is 0.240 e. The van der Waals surface area contributed by atoms with Gasteiger partial charge in [0, 0.05) is 6.54 Å². The van der Waals surface area contributed by atoms with Crippen LogP contribution in [-0.4, -0.2) is 15.0 Å². The quantitative estimate of drug-likeness (QED) is 0.861. The van der Waals surface area contributed by atoms with Crippen LogP contribution in [0.3, 0.4) is 0 Å². The van der Waals surface area contributed by atoms with Crippen molar-refractivity contribution < 1.29 is 12.8 Å². The predicted molar refractivity (Wildman–Crippen MR) is 70.4 cm³/mol. The molecule has 0 spiro atoms. The van der Waals surface area contributed by atoms with Crippen molar-refractivity contribution in [2.45, 2.75) is 17.7 Å². The second-order valence-corrected chi connectivity index (χ2v) is 7.11. The number of fused-ring (bicyclic) bond motifs is 2. The van der Waals surface area contributed by atoms with Gasteiger partial charge in [0.2, 0.25) is 10.0 Å². The number of allylic oxidation sites excluding steroid dienone is 2. The average molecular weight is 281 g/mol. The van der Waals surface area contributed by atoms with Crippen molar-refractivity contribution in [3.8, 4) is 0 Å². The minimum Gasteiger partial charge on any atom is -0.211 e. The molecule has 2 aliphatic rings. The van der Waals surface area contributed by atoms with Crippen molar-refractivity contribution in [2.24, 2.45) is 17.8 Å². The molecule has 0 heterocycles. The summed E-state index contributed by atoms with van der Waals surface area (Å²) in [5.41, 5.74) is 0. The number of hydrogen-bond acceptors (Lipinski definition) is 2. The second-order valence-electron chi connectivity index (χ2n) is 5.35. The maximum Gasteiger partial charge on any atom is 0.240 e. The number of rotatable bonds is 4. The molecule has 1 saturated carbocycles. The lowest BCUT2D eigenvalue weighted by Crippen LogP contribution is -2.31. The Morgan fingerprint density at radius 1 is 1.16 bits per heavy atom. The van der Waals surface area contributed by atoms with Crippen LogP contribution in [0.5, 0.6) is 0 Å². The lowest BCUT2D eigenvalue weighted by molar-refractivity contribution is 0.440. The highest BCUT2D eigenvalue weighted by atomic mass is 32.2. The molecule has 1 N–H and O–H groups in total. The third-order valence-electron chi connectivity index (χ3n) is 4.08. The van der Waals surface area contributed by atoms with E-state index < -0.39 is 15.8 Å². The van der Waals surface area contributed by atoms with Gasteiger partial charge in [-0.25, -0.2) is 17.5 Å². The number of hydrogen-bond donors (Lipinski definition) is 1. The fraction of sp³-hybridized carbons (Fsp3) is 0.429. The van der Waals surface area contributed by atoms with E-state index in [0.717, 1.165) is 25.0 Å². The van der Waals surface area contributed by atoms with Gasteiger partial charge in [-0.05, 0) is 54.9 Å². The third kappa shape index (κ3) is 2.58. The molecule has 3 atom stereocenters. The van der Waals surface area contributed by atoms with Crippen LogP contribution in [0.4, 0.5) is 4.39 Å². The van der Waals surface area contributed by atoms with E-state index in [2.05, 4.69) is 16.9 Å². The fourth-order valence-corrected chi connectivity index (χ4v) is 4.14. The molecule has 102 valence electrons. The average Bonchev–Trinajstić information content (AvgIpc) is 2.99. The van der Waals surface area contributed by atoms with Gasteiger partial charge < -0.3 is 0 Å². The van der Waals surface area contributed by atoms with E-state index >= 15 is 0 Å². The monoisotopic (exact) mass is 281 g/mol. The summed E-state index contributed by atoms with van der Waals surface area (Å²) >= 11 is 0. The molecule has 3 nitrogen and oxygen atoms in total. The summed E-state index contributed by atoms with van der Waals surface area (Å²) in [6.07, 6.45) is 6.65. The molecule has 19 heavy (non-hydrogen) atoms. The van der Waals surface area contributed by atoms with Crippen molar-refractivity contribution in [3.63, 3.8) is 0 Å². The number of sulfonamides is 1. The third-order valence-corrected chi connectivity index (χ3v) is 5.52. The SMILES string of the molecule is O=S(=O)(NCC1CC2C=CC1C2)c1ccc(F)cc1. The van der Waals surface area contributed by atoms with Gasteiger partial charge in [-0.15, -0.1) is 0 Å². The molecule has 0 saturated heterocycles. The van der Waals surface area contributed by atoms with Crippen LogP contribution in [-0.2, 0) is 10.0 Å². The Morgan fingerprint density at radius 3 is 2.47 bits per heavy atom. The van der Waals surface area contributed by atoms with E-state index in [1.807, 2.05) is 0 Å². The van der Waals surface area contributed by atoms with E-state index in [0.29, 0.717) is 24.3 Å². The molecule has 3 unspecified atom stereocenters. The molecular weight excluding hydrogens is 265 g/mol. The van der Waals surface area contributed by atoms with Crippen molar-refractivity contribution in [1.82, 2.24) is 4.72 Å². The van der Waals surface area contributed by atoms with Gasteiger partial charge in [-0.2, -0.15) is 0 Å². The Hall–Kier alpha value is -1.20. The van der Waals surface area contributed by atoms with Crippen molar-refractivity contribution in [1.29, 1.82) is 0 Å². The van der Waals surface area contributed by atoms with E-state index in [-0.39, 0.29) is 4.90 Å². The van der Waals surface area contributed by atoms with Gasteiger partial charge in [0.05, 0.1) is 4.90 Å². The first kappa shape index (κ1) is 12.8. The molecule has 1 fully saturated rings. The molecule has 1 aromatic carbocycles. The molecule has 5 heteroatoms. The summed E-state index contributed by atoms with van der Waals surface area (Å²) in [5.74, 6) is 1.11. The molecular formula is C14H16FNO2S. The number of halogens is 1. The molecule has 2 aliphatic carbocycles. The standard InChI is InChI=1S/C14H16FNO2S/c15-13-3-5-14(6-4-13)19(17,18)16-9-12-8-10-1-2-11(12)7-10/h1-6,10-12,16H,7-9H2. The summed E-state index contributed by atoms with van der Waals surface area (Å²) in [5, 5.41) is 0. The topological polar surface area (TPSA) is 46.2 Å². The maximum absolute atomic E-state index is 12.8. The summed E-state index contributed by atoms with van der Waals surface area (Å²) < 4.78 is 39.5. The Kier molecular flexibility index (Phi) is 3.19. The Labute approximate surface area is 112 Å². The molecule has 0 amide bonds. The zero-order valence-electron chi connectivity index (χ0n) is 10.4. The highest BCUT2D eigenvalue weighted by Crippen LogP contribution is 2.43. The van der Waals surface area contributed by atoms with Gasteiger partial charge in [0.15, 0.2) is 0 Å². The van der Waals surface area contributed by atoms with Gasteiger partial charge in [-0.3, -0.25) is 0 Å². The van der Waals surface area contributed by atoms with Crippen LogP contribution in [0.1, 0.15) is 12.8 Å². The number of benzene rings is 1. The van der Waals surface area contributed by atoms with E-state index in [4.69, 9.17) is 0 Å². The van der Waals surface area contributed by atoms with Crippen LogP contribution >= 0.6 is 0 Å². The summed E-state index contributed by atoms with van der Waals surface area (Å²) in [6, 6.07) is 4.90. The Bertz CT molecular complexity index is 594. The van der Waals surface area contributed by atoms with Crippen LogP contribution < -0.4 is 4.72 Å². The van der Waals surface area contributed by atoms with Gasteiger partial charge >= 0.3 is 0 Å². The zero-order valence-corrected chi connectivity index (χ0v) is 11.2. The highest BCUT2D eigenvalue weighted by Gasteiger charge is 2.35. The van der Waals surface area contributed by atoms with Crippen LogP contribution in [0, 0.1) is 23.6 Å². The fourth-order valence-electron chi connectivity index (χ4n) is 3.04. The smallest absolute Gasteiger partial charge is 0.211 e. The molecule has 2 bridgehead atoms. The molecule has 0 radical (unpaired) electrons. The Balaban J connectivity index is 1.66. The highest BCUT2D eigenvalue weighted by molar-refractivity contribution is 7.89. The van der Waals surface area contributed by atoms with Gasteiger partial charge in [0.25, 0.3) is 0 Å². The van der Waals surface area contributed by atoms with Crippen molar-refractivity contribution >= 4 is 10.0 Å². The summed E-state index contributed by atoms with van der Waals surface area (Å²) in [4.78, 5) is 0.118. The lowest BCUT2D eigenvalue weighted by Gasteiger charge is -2.18. The second kappa shape index (κ2) is 4.72. The molecule has 1 aromatic rings. The predicted octanol–water partition coefficient (Wildman–Crippen LogP) is 2.32. The first-order valence-electron chi connectivity index (χ1n) is 6.48. The normalized spacial score (nSPS) is 29.0. The van der Waals surface area contributed by atoms with Crippen LogP contribution in [0.15, 0.2) is 41.3 Å². The van der Waals surface area contributed by atoms with E-state index in [1.165, 1.54) is 12.1 Å². The van der Waals surface area contributed by atoms with Crippen molar-refractivity contribution in [3.05, 3.63) is 42.2 Å². The van der Waals surface area contributed by atoms with Crippen molar-refractivity contribution in [2.75, 3.05) is 6.54 Å².